The maximum atomic E-state index is 12.4. The molecule has 3 nitrogen and oxygen atoms in total. The van der Waals surface area contributed by atoms with Crippen molar-refractivity contribution < 1.29 is 22.6 Å². The van der Waals surface area contributed by atoms with Crippen molar-refractivity contribution in [3.05, 3.63) is 18.2 Å². The van der Waals surface area contributed by atoms with Crippen LogP contribution in [0.2, 0.25) is 0 Å². The minimum Gasteiger partial charge on any atom is -0.491 e. The van der Waals surface area contributed by atoms with Gasteiger partial charge in [0.1, 0.15) is 17.2 Å². The Morgan fingerprint density at radius 1 is 1.28 bits per heavy atom. The molecule has 0 aromatic heterocycles. The van der Waals surface area contributed by atoms with Crippen molar-refractivity contribution in [1.82, 2.24) is 0 Å². The summed E-state index contributed by atoms with van der Waals surface area (Å²) in [6.45, 7) is 3.30. The molecular weight excluding hydrogens is 247 g/mol. The lowest BCUT2D eigenvalue weighted by Crippen LogP contribution is -2.31. The molecule has 1 rings (SSSR count). The number of hydrogen-bond donors (Lipinski definition) is 1. The van der Waals surface area contributed by atoms with Gasteiger partial charge in [-0.25, -0.2) is 0 Å². The monoisotopic (exact) mass is 263 g/mol. The van der Waals surface area contributed by atoms with Crippen LogP contribution in [-0.2, 0) is 0 Å². The lowest BCUT2D eigenvalue weighted by atomic mass is 10.2. The van der Waals surface area contributed by atoms with Crippen molar-refractivity contribution >= 4 is 5.69 Å². The van der Waals surface area contributed by atoms with Crippen molar-refractivity contribution in [2.75, 3.05) is 12.3 Å². The van der Waals surface area contributed by atoms with Crippen LogP contribution in [0.15, 0.2) is 18.2 Å². The molecule has 0 aliphatic rings. The Kier molecular flexibility index (Phi) is 4.69. The third-order valence-electron chi connectivity index (χ3n) is 2.25. The number of benzene rings is 1. The minimum atomic E-state index is -4.42. The number of ether oxygens (including phenoxy) is 2. The van der Waals surface area contributed by atoms with Crippen molar-refractivity contribution in [2.24, 2.45) is 0 Å². The fourth-order valence-corrected chi connectivity index (χ4v) is 1.22. The fourth-order valence-electron chi connectivity index (χ4n) is 1.22. The molecule has 18 heavy (non-hydrogen) atoms. The number of para-hydroxylation sites is 1. The molecule has 0 aliphatic carbocycles. The number of anilines is 1. The lowest BCUT2D eigenvalue weighted by Gasteiger charge is -2.19. The summed E-state index contributed by atoms with van der Waals surface area (Å²) >= 11 is 0. The molecule has 102 valence electrons. The van der Waals surface area contributed by atoms with E-state index >= 15 is 0 Å². The van der Waals surface area contributed by atoms with Crippen LogP contribution in [-0.4, -0.2) is 18.9 Å². The predicted molar refractivity (Wildman–Crippen MR) is 62.8 cm³/mol. The number of nitrogens with two attached hydrogens (primary N) is 1. The Labute approximate surface area is 104 Å². The van der Waals surface area contributed by atoms with E-state index in [4.69, 9.17) is 15.2 Å². The first-order valence-electron chi connectivity index (χ1n) is 5.61. The van der Waals surface area contributed by atoms with Gasteiger partial charge in [0.25, 0.3) is 0 Å². The summed E-state index contributed by atoms with van der Waals surface area (Å²) in [7, 11) is 0. The highest BCUT2D eigenvalue weighted by molar-refractivity contribution is 5.62. The lowest BCUT2D eigenvalue weighted by molar-refractivity contribution is -0.189. The summed E-state index contributed by atoms with van der Waals surface area (Å²) in [6.07, 6.45) is -5.56. The second-order valence-electron chi connectivity index (χ2n) is 3.82. The Morgan fingerprint density at radius 3 is 2.44 bits per heavy atom. The largest absolute Gasteiger partial charge is 0.491 e. The number of rotatable bonds is 5. The van der Waals surface area contributed by atoms with Crippen molar-refractivity contribution in [3.8, 4) is 11.5 Å². The van der Waals surface area contributed by atoms with Crippen LogP contribution in [0.4, 0.5) is 18.9 Å². The molecule has 1 aromatic carbocycles. The Hall–Kier alpha value is -1.59. The summed E-state index contributed by atoms with van der Waals surface area (Å²) in [6, 6.07) is 4.52. The van der Waals surface area contributed by atoms with Gasteiger partial charge in [0.2, 0.25) is 0 Å². The molecule has 1 atom stereocenters. The zero-order valence-electron chi connectivity index (χ0n) is 10.3. The fraction of sp³-hybridized carbons (Fsp3) is 0.500. The third kappa shape index (κ3) is 3.72. The quantitative estimate of drug-likeness (QED) is 0.828. The molecule has 0 saturated heterocycles. The molecule has 6 heteroatoms. The van der Waals surface area contributed by atoms with E-state index in [-0.39, 0.29) is 11.4 Å². The Bertz CT molecular complexity index is 393. The molecule has 0 saturated carbocycles. The van der Waals surface area contributed by atoms with Gasteiger partial charge in [-0.1, -0.05) is 13.0 Å². The number of nitrogen functional groups attached to an aromatic ring is 1. The zero-order chi connectivity index (χ0) is 13.8. The van der Waals surface area contributed by atoms with Crippen LogP contribution in [0.3, 0.4) is 0 Å². The van der Waals surface area contributed by atoms with Gasteiger partial charge in [0.05, 0.1) is 6.61 Å². The average Bonchev–Trinajstić information content (AvgIpc) is 2.29. The van der Waals surface area contributed by atoms with Gasteiger partial charge < -0.3 is 15.2 Å². The molecule has 0 aliphatic heterocycles. The topological polar surface area (TPSA) is 44.5 Å². The first-order chi connectivity index (χ1) is 8.36. The highest BCUT2D eigenvalue weighted by Crippen LogP contribution is 2.34. The van der Waals surface area contributed by atoms with Gasteiger partial charge >= 0.3 is 6.18 Å². The molecule has 0 amide bonds. The first kappa shape index (κ1) is 14.5. The van der Waals surface area contributed by atoms with Crippen LogP contribution in [0.1, 0.15) is 20.3 Å². The Balaban J connectivity index is 2.84. The van der Waals surface area contributed by atoms with E-state index in [9.17, 15) is 13.2 Å². The van der Waals surface area contributed by atoms with Gasteiger partial charge in [0, 0.05) is 0 Å². The standard InChI is InChI=1S/C12H16F3NO2/c1-3-7-17-9-5-4-6-10(11(9)16)18-8(2)12(13,14)15/h4-6,8H,3,7,16H2,1-2H3. The number of halogens is 3. The van der Waals surface area contributed by atoms with Crippen molar-refractivity contribution in [3.63, 3.8) is 0 Å². The van der Waals surface area contributed by atoms with Gasteiger partial charge in [0.15, 0.2) is 6.10 Å². The molecule has 0 spiro atoms. The molecule has 2 N–H and O–H groups in total. The van der Waals surface area contributed by atoms with E-state index in [0.717, 1.165) is 13.3 Å². The second-order valence-corrected chi connectivity index (χ2v) is 3.82. The van der Waals surface area contributed by atoms with Crippen LogP contribution < -0.4 is 15.2 Å². The van der Waals surface area contributed by atoms with E-state index in [1.54, 1.807) is 12.1 Å². The van der Waals surface area contributed by atoms with Crippen LogP contribution in [0, 0.1) is 0 Å². The molecular formula is C12H16F3NO2. The molecule has 0 heterocycles. The van der Waals surface area contributed by atoms with E-state index in [1.165, 1.54) is 6.07 Å². The van der Waals surface area contributed by atoms with Gasteiger partial charge in [-0.15, -0.1) is 0 Å². The van der Waals surface area contributed by atoms with E-state index < -0.39 is 12.3 Å². The van der Waals surface area contributed by atoms with E-state index in [0.29, 0.717) is 12.4 Å². The van der Waals surface area contributed by atoms with Gasteiger partial charge in [-0.2, -0.15) is 13.2 Å². The normalized spacial score (nSPS) is 13.2. The second kappa shape index (κ2) is 5.84. The molecule has 1 aromatic rings. The van der Waals surface area contributed by atoms with Crippen LogP contribution >= 0.6 is 0 Å². The summed E-state index contributed by atoms with van der Waals surface area (Å²) in [5.41, 5.74) is 5.78. The summed E-state index contributed by atoms with van der Waals surface area (Å²) < 4.78 is 47.2. The van der Waals surface area contributed by atoms with E-state index in [2.05, 4.69) is 0 Å². The smallest absolute Gasteiger partial charge is 0.425 e. The van der Waals surface area contributed by atoms with Crippen LogP contribution in [0.25, 0.3) is 0 Å². The van der Waals surface area contributed by atoms with Crippen LogP contribution in [0.5, 0.6) is 11.5 Å². The van der Waals surface area contributed by atoms with Crippen molar-refractivity contribution in [1.29, 1.82) is 0 Å². The highest BCUT2D eigenvalue weighted by Gasteiger charge is 2.38. The maximum Gasteiger partial charge on any atom is 0.425 e. The first-order valence-corrected chi connectivity index (χ1v) is 5.61. The maximum absolute atomic E-state index is 12.4. The predicted octanol–water partition coefficient (Wildman–Crippen LogP) is 3.39. The molecule has 1 unspecified atom stereocenters. The number of alkyl halides is 3. The Morgan fingerprint density at radius 2 is 1.89 bits per heavy atom. The third-order valence-corrected chi connectivity index (χ3v) is 2.25. The molecule has 0 fully saturated rings. The summed E-state index contributed by atoms with van der Waals surface area (Å²) in [5, 5.41) is 0. The zero-order valence-corrected chi connectivity index (χ0v) is 10.3. The molecule has 0 bridgehead atoms. The average molecular weight is 263 g/mol. The minimum absolute atomic E-state index is 0.0200. The van der Waals surface area contributed by atoms with Gasteiger partial charge in [-0.05, 0) is 25.5 Å². The SMILES string of the molecule is CCCOc1cccc(OC(C)C(F)(F)F)c1N. The summed E-state index contributed by atoms with van der Waals surface area (Å²) in [5.74, 6) is 0.317. The highest BCUT2D eigenvalue weighted by atomic mass is 19.4. The number of hydrogen-bond acceptors (Lipinski definition) is 3. The summed E-state index contributed by atoms with van der Waals surface area (Å²) in [4.78, 5) is 0. The van der Waals surface area contributed by atoms with Crippen molar-refractivity contribution in [2.45, 2.75) is 32.5 Å². The molecule has 0 radical (unpaired) electrons. The van der Waals surface area contributed by atoms with E-state index in [1.807, 2.05) is 6.92 Å². The van der Waals surface area contributed by atoms with Gasteiger partial charge in [-0.3, -0.25) is 0 Å².